The minimum atomic E-state index is -0.976. The number of aryl methyl sites for hydroxylation is 1. The lowest BCUT2D eigenvalue weighted by molar-refractivity contribution is -0.124. The molecule has 33 heavy (non-hydrogen) atoms. The van der Waals surface area contributed by atoms with Crippen LogP contribution in [0.15, 0.2) is 24.4 Å². The van der Waals surface area contributed by atoms with Crippen molar-refractivity contribution >= 4 is 45.9 Å². The molecule has 2 aliphatic rings. The van der Waals surface area contributed by atoms with Crippen LogP contribution in [0, 0.1) is 12.8 Å². The largest absolute Gasteiger partial charge is 0.376 e. The van der Waals surface area contributed by atoms with Crippen LogP contribution in [0.2, 0.25) is 5.02 Å². The van der Waals surface area contributed by atoms with Crippen LogP contribution in [0.4, 0.5) is 15.1 Å². The standard InChI is InChI=1S/C24H30ClFN4O2S/c1-14-19(10-17(25)12-27-14)28-15(2)22-7-8-23(33-22)30(13-31)21(9-16-5-3-4-6-16)24(32)29-20-11-18(20)26/h7-8,10,12-13,15-16,18,20-21,28H,3-6,9,11H2,1-2H3,(H,29,32)/t15-,18-,20+,21-/m0/s1. The van der Waals surface area contributed by atoms with Crippen molar-refractivity contribution in [2.45, 2.75) is 76.7 Å². The summed E-state index contributed by atoms with van der Waals surface area (Å²) in [6.45, 7) is 3.94. The zero-order valence-corrected chi connectivity index (χ0v) is 20.5. The Labute approximate surface area is 202 Å². The zero-order valence-electron chi connectivity index (χ0n) is 18.9. The summed E-state index contributed by atoms with van der Waals surface area (Å²) in [5.41, 5.74) is 1.69. The monoisotopic (exact) mass is 492 g/mol. The van der Waals surface area contributed by atoms with Gasteiger partial charge in [-0.25, -0.2) is 4.39 Å². The molecule has 0 aliphatic heterocycles. The van der Waals surface area contributed by atoms with Crippen molar-refractivity contribution in [2.75, 3.05) is 10.2 Å². The lowest BCUT2D eigenvalue weighted by atomic mass is 9.97. The molecule has 0 radical (unpaired) electrons. The van der Waals surface area contributed by atoms with E-state index >= 15 is 0 Å². The molecule has 2 amide bonds. The molecule has 2 fully saturated rings. The van der Waals surface area contributed by atoms with E-state index in [0.29, 0.717) is 28.8 Å². The first-order chi connectivity index (χ1) is 15.9. The maximum absolute atomic E-state index is 13.4. The molecule has 0 saturated heterocycles. The third kappa shape index (κ3) is 5.84. The lowest BCUT2D eigenvalue weighted by Crippen LogP contribution is -2.48. The Bertz CT molecular complexity index is 997. The van der Waals surface area contributed by atoms with E-state index < -0.39 is 18.3 Å². The van der Waals surface area contributed by atoms with Crippen LogP contribution in [-0.4, -0.2) is 35.6 Å². The highest BCUT2D eigenvalue weighted by molar-refractivity contribution is 7.16. The van der Waals surface area contributed by atoms with Crippen LogP contribution >= 0.6 is 22.9 Å². The topological polar surface area (TPSA) is 74.3 Å². The van der Waals surface area contributed by atoms with Crippen LogP contribution in [0.1, 0.15) is 62.1 Å². The summed E-state index contributed by atoms with van der Waals surface area (Å²) >= 11 is 7.55. The number of carbonyl (C=O) groups excluding carboxylic acids is 2. The summed E-state index contributed by atoms with van der Waals surface area (Å²) in [5, 5.41) is 7.48. The number of halogens is 2. The minimum absolute atomic E-state index is 0.0444. The normalized spacial score (nSPS) is 21.9. The van der Waals surface area contributed by atoms with Crippen LogP contribution < -0.4 is 15.5 Å². The molecule has 2 saturated carbocycles. The Hall–Kier alpha value is -2.19. The number of alkyl halides is 1. The zero-order chi connectivity index (χ0) is 23.5. The molecule has 2 aromatic heterocycles. The minimum Gasteiger partial charge on any atom is -0.376 e. The smallest absolute Gasteiger partial charge is 0.243 e. The van der Waals surface area contributed by atoms with E-state index in [1.54, 1.807) is 6.20 Å². The first-order valence-corrected chi connectivity index (χ1v) is 12.7. The fraction of sp³-hybridized carbons (Fsp3) is 0.542. The third-order valence-electron chi connectivity index (χ3n) is 6.54. The van der Waals surface area contributed by atoms with Gasteiger partial charge in [-0.3, -0.25) is 19.5 Å². The second kappa shape index (κ2) is 10.4. The SMILES string of the molecule is Cc1ncc(Cl)cc1N[C@@H](C)c1ccc(N(C=O)[C@@H](CC2CCCC2)C(=O)N[C@@H]2C[C@@H]2F)s1. The number of nitrogens with zero attached hydrogens (tertiary/aromatic N) is 2. The summed E-state index contributed by atoms with van der Waals surface area (Å²) in [7, 11) is 0. The van der Waals surface area contributed by atoms with E-state index in [2.05, 4.69) is 15.6 Å². The molecule has 178 valence electrons. The van der Waals surface area contributed by atoms with Crippen LogP contribution in [0.5, 0.6) is 0 Å². The molecule has 6 nitrogen and oxygen atoms in total. The van der Waals surface area contributed by atoms with Crippen molar-refractivity contribution in [2.24, 2.45) is 5.92 Å². The number of thiophene rings is 1. The van der Waals surface area contributed by atoms with Gasteiger partial charge in [-0.2, -0.15) is 0 Å². The molecule has 4 atom stereocenters. The first kappa shape index (κ1) is 24.0. The summed E-state index contributed by atoms with van der Waals surface area (Å²) < 4.78 is 13.4. The average molecular weight is 493 g/mol. The summed E-state index contributed by atoms with van der Waals surface area (Å²) in [6, 6.07) is 4.58. The van der Waals surface area contributed by atoms with Gasteiger partial charge in [0.15, 0.2) is 0 Å². The van der Waals surface area contributed by atoms with Gasteiger partial charge in [-0.15, -0.1) is 11.3 Å². The van der Waals surface area contributed by atoms with Crippen molar-refractivity contribution in [1.82, 2.24) is 10.3 Å². The Kier molecular flexibility index (Phi) is 7.54. The molecule has 4 rings (SSSR count). The van der Waals surface area contributed by atoms with Crippen LogP contribution in [-0.2, 0) is 9.59 Å². The number of rotatable bonds is 10. The number of nitrogens with one attached hydrogen (secondary N) is 2. The Balaban J connectivity index is 1.51. The molecule has 0 spiro atoms. The van der Waals surface area contributed by atoms with Gasteiger partial charge >= 0.3 is 0 Å². The molecule has 0 aromatic carbocycles. The fourth-order valence-corrected chi connectivity index (χ4v) is 5.63. The summed E-state index contributed by atoms with van der Waals surface area (Å²) in [6.07, 6.45) is 6.76. The Morgan fingerprint density at radius 2 is 2.12 bits per heavy atom. The van der Waals surface area contributed by atoms with Gasteiger partial charge in [-0.05, 0) is 44.4 Å². The number of hydrogen-bond donors (Lipinski definition) is 2. The van der Waals surface area contributed by atoms with Crippen molar-refractivity contribution in [3.63, 3.8) is 0 Å². The molecule has 9 heteroatoms. The maximum atomic E-state index is 13.4. The predicted molar refractivity (Wildman–Crippen MR) is 131 cm³/mol. The van der Waals surface area contributed by atoms with Crippen molar-refractivity contribution < 1.29 is 14.0 Å². The highest BCUT2D eigenvalue weighted by atomic mass is 35.5. The maximum Gasteiger partial charge on any atom is 0.243 e. The first-order valence-electron chi connectivity index (χ1n) is 11.5. The highest BCUT2D eigenvalue weighted by Gasteiger charge is 2.41. The van der Waals surface area contributed by atoms with Gasteiger partial charge in [0.1, 0.15) is 12.2 Å². The van der Waals surface area contributed by atoms with E-state index in [0.717, 1.165) is 48.4 Å². The van der Waals surface area contributed by atoms with Gasteiger partial charge in [0.25, 0.3) is 0 Å². The van der Waals surface area contributed by atoms with E-state index in [1.807, 2.05) is 32.0 Å². The summed E-state index contributed by atoms with van der Waals surface area (Å²) in [5.74, 6) is 0.141. The van der Waals surface area contributed by atoms with Gasteiger partial charge < -0.3 is 10.6 Å². The summed E-state index contributed by atoms with van der Waals surface area (Å²) in [4.78, 5) is 32.1. The number of pyridine rings is 1. The fourth-order valence-electron chi connectivity index (χ4n) is 4.45. The Morgan fingerprint density at radius 3 is 2.79 bits per heavy atom. The van der Waals surface area contributed by atoms with Crippen molar-refractivity contribution in [3.05, 3.63) is 40.0 Å². The number of anilines is 2. The average Bonchev–Trinajstić information content (AvgIpc) is 3.20. The van der Waals surface area contributed by atoms with E-state index in [-0.39, 0.29) is 11.9 Å². The van der Waals surface area contributed by atoms with E-state index in [9.17, 15) is 14.0 Å². The second-order valence-corrected chi connectivity index (χ2v) is 10.6. The van der Waals surface area contributed by atoms with E-state index in [4.69, 9.17) is 11.6 Å². The highest BCUT2D eigenvalue weighted by Crippen LogP contribution is 2.36. The lowest BCUT2D eigenvalue weighted by Gasteiger charge is -2.28. The molecular formula is C24H30ClFN4O2S. The molecule has 2 aliphatic carbocycles. The molecule has 2 aromatic rings. The van der Waals surface area contributed by atoms with Crippen LogP contribution in [0.3, 0.4) is 0 Å². The van der Waals surface area contributed by atoms with E-state index in [1.165, 1.54) is 16.2 Å². The second-order valence-electron chi connectivity index (χ2n) is 9.11. The number of amides is 2. The predicted octanol–water partition coefficient (Wildman–Crippen LogP) is 5.42. The van der Waals surface area contributed by atoms with Gasteiger partial charge in [0, 0.05) is 17.5 Å². The molecule has 2 heterocycles. The molecule has 0 unspecified atom stereocenters. The number of hydrogen-bond acceptors (Lipinski definition) is 5. The van der Waals surface area contributed by atoms with Crippen molar-refractivity contribution in [3.8, 4) is 0 Å². The molecular weight excluding hydrogens is 463 g/mol. The Morgan fingerprint density at radius 1 is 1.39 bits per heavy atom. The third-order valence-corrected chi connectivity index (χ3v) is 8.03. The van der Waals surface area contributed by atoms with Gasteiger partial charge in [0.05, 0.1) is 33.5 Å². The molecule has 0 bridgehead atoms. The molecule has 2 N–H and O–H groups in total. The van der Waals surface area contributed by atoms with Crippen molar-refractivity contribution in [1.29, 1.82) is 0 Å². The quantitative estimate of drug-likeness (QED) is 0.434. The number of aromatic nitrogens is 1. The van der Waals surface area contributed by atoms with Gasteiger partial charge in [-0.1, -0.05) is 37.3 Å². The van der Waals surface area contributed by atoms with Gasteiger partial charge in [0.2, 0.25) is 12.3 Å². The van der Waals surface area contributed by atoms with Crippen LogP contribution in [0.25, 0.3) is 0 Å². The number of carbonyl (C=O) groups is 2.